The molecule has 2 aromatic heterocycles. The van der Waals surface area contributed by atoms with Crippen molar-refractivity contribution in [1.82, 2.24) is 15.3 Å². The molecule has 2 amide bonds. The van der Waals surface area contributed by atoms with Crippen molar-refractivity contribution >= 4 is 28.7 Å². The minimum absolute atomic E-state index is 0.00284. The van der Waals surface area contributed by atoms with Crippen molar-refractivity contribution in [1.29, 1.82) is 0 Å². The number of hydrogen-bond donors (Lipinski definition) is 3. The van der Waals surface area contributed by atoms with Gasteiger partial charge in [0.05, 0.1) is 18.2 Å². The molecule has 0 aliphatic carbocycles. The van der Waals surface area contributed by atoms with E-state index in [1.807, 2.05) is 39.0 Å². The Hall–Kier alpha value is -5.38. The van der Waals surface area contributed by atoms with E-state index < -0.39 is 29.2 Å². The fourth-order valence-electron chi connectivity index (χ4n) is 5.54. The third kappa shape index (κ3) is 8.66. The van der Waals surface area contributed by atoms with Gasteiger partial charge in [0.25, 0.3) is 0 Å². The Balaban J connectivity index is 1.42. The molecule has 0 aliphatic rings. The van der Waals surface area contributed by atoms with E-state index in [9.17, 15) is 23.2 Å². The van der Waals surface area contributed by atoms with Crippen molar-refractivity contribution in [2.75, 3.05) is 0 Å². The highest BCUT2D eigenvalue weighted by Gasteiger charge is 2.23. The normalized spacial score (nSPS) is 12.1. The zero-order chi connectivity index (χ0) is 33.7. The summed E-state index contributed by atoms with van der Waals surface area (Å²) >= 11 is 0. The Morgan fingerprint density at radius 1 is 0.957 bits per heavy atom. The molecule has 3 aromatic carbocycles. The molecule has 0 aliphatic heterocycles. The Labute approximate surface area is 271 Å². The Morgan fingerprint density at radius 2 is 1.72 bits per heavy atom. The van der Waals surface area contributed by atoms with Crippen LogP contribution in [0.4, 0.5) is 8.78 Å². The molecule has 47 heavy (non-hydrogen) atoms. The van der Waals surface area contributed by atoms with Crippen LogP contribution < -0.4 is 11.1 Å². The molecule has 4 N–H and O–H groups in total. The van der Waals surface area contributed by atoms with Gasteiger partial charge in [-0.2, -0.15) is 0 Å². The minimum atomic E-state index is -0.785. The number of carbonyl (C=O) groups is 3. The lowest BCUT2D eigenvalue weighted by Gasteiger charge is -2.22. The molecule has 242 valence electrons. The standard InChI is InChI=1S/C37H36F2N4O4/c1-37(2,3)47-34(45)12-10-22-9-11-31-30(16-22)26(21-42-31)19-33(44)43-32(17-23-14-27(38)20-28(39)15-23)35-29(8-5-13-41-35)24-6-4-7-25(18-24)36(40)46/h4-9,11,13-16,18,20-21,32,42H,10,12,17,19H2,1-3H3,(H2,40,46)(H,43,44)/t32-/m0/s1. The van der Waals surface area contributed by atoms with E-state index in [2.05, 4.69) is 15.3 Å². The maximum Gasteiger partial charge on any atom is 0.306 e. The number of esters is 1. The first-order valence-electron chi connectivity index (χ1n) is 15.2. The van der Waals surface area contributed by atoms with Crippen LogP contribution in [0, 0.1) is 11.6 Å². The number of benzene rings is 3. The molecular weight excluding hydrogens is 602 g/mol. The number of ether oxygens (including phenoxy) is 1. The molecule has 0 saturated heterocycles. The molecule has 5 aromatic rings. The van der Waals surface area contributed by atoms with E-state index in [1.165, 1.54) is 12.1 Å². The average Bonchev–Trinajstić information content (AvgIpc) is 3.40. The fraction of sp³-hybridized carbons (Fsp3) is 0.243. The number of aryl methyl sites for hydroxylation is 1. The Bertz CT molecular complexity index is 1930. The van der Waals surface area contributed by atoms with Crippen LogP contribution >= 0.6 is 0 Å². The van der Waals surface area contributed by atoms with E-state index >= 15 is 0 Å². The molecule has 0 saturated carbocycles. The quantitative estimate of drug-likeness (QED) is 0.142. The third-order valence-electron chi connectivity index (χ3n) is 7.54. The van der Waals surface area contributed by atoms with Crippen molar-refractivity contribution in [3.05, 3.63) is 125 Å². The van der Waals surface area contributed by atoms with Gasteiger partial charge in [-0.05, 0) is 98.3 Å². The first kappa shape index (κ1) is 33.0. The van der Waals surface area contributed by atoms with Gasteiger partial charge in [-0.1, -0.05) is 24.3 Å². The topological polar surface area (TPSA) is 127 Å². The first-order chi connectivity index (χ1) is 22.3. The second-order valence-corrected chi connectivity index (χ2v) is 12.4. The largest absolute Gasteiger partial charge is 0.460 e. The van der Waals surface area contributed by atoms with E-state index in [-0.39, 0.29) is 31.1 Å². The number of fused-ring (bicyclic) bond motifs is 1. The summed E-state index contributed by atoms with van der Waals surface area (Å²) in [5.74, 6) is -2.69. The number of nitrogens with two attached hydrogens (primary N) is 1. The van der Waals surface area contributed by atoms with Crippen molar-refractivity contribution < 1.29 is 27.9 Å². The summed E-state index contributed by atoms with van der Waals surface area (Å²) in [6, 6.07) is 18.5. The molecule has 2 heterocycles. The lowest BCUT2D eigenvalue weighted by molar-refractivity contribution is -0.154. The highest BCUT2D eigenvalue weighted by Crippen LogP contribution is 2.30. The van der Waals surface area contributed by atoms with Crippen LogP contribution in [0.25, 0.3) is 22.0 Å². The summed E-state index contributed by atoms with van der Waals surface area (Å²) in [5, 5.41) is 3.87. The van der Waals surface area contributed by atoms with Gasteiger partial charge in [0.15, 0.2) is 0 Å². The SMILES string of the molecule is CC(C)(C)OC(=O)CCc1ccc2[nH]cc(CC(=O)N[C@@H](Cc3cc(F)cc(F)c3)c3ncccc3-c3cccc(C(N)=O)c3)c2c1. The van der Waals surface area contributed by atoms with Gasteiger partial charge in [-0.15, -0.1) is 0 Å². The monoisotopic (exact) mass is 638 g/mol. The summed E-state index contributed by atoms with van der Waals surface area (Å²) in [4.78, 5) is 45.6. The van der Waals surface area contributed by atoms with Crippen LogP contribution in [0.3, 0.4) is 0 Å². The number of primary amides is 1. The number of H-pyrrole nitrogens is 1. The van der Waals surface area contributed by atoms with Crippen LogP contribution in [0.2, 0.25) is 0 Å². The highest BCUT2D eigenvalue weighted by atomic mass is 19.1. The van der Waals surface area contributed by atoms with Gasteiger partial charge >= 0.3 is 5.97 Å². The van der Waals surface area contributed by atoms with Crippen molar-refractivity contribution in [3.8, 4) is 11.1 Å². The van der Waals surface area contributed by atoms with E-state index in [4.69, 9.17) is 10.5 Å². The number of halogens is 2. The number of carbonyl (C=O) groups excluding carboxylic acids is 3. The summed E-state index contributed by atoms with van der Waals surface area (Å²) in [6.45, 7) is 5.47. The Kier molecular flexibility index (Phi) is 9.79. The lowest BCUT2D eigenvalue weighted by Crippen LogP contribution is -2.32. The second-order valence-electron chi connectivity index (χ2n) is 12.4. The molecule has 0 unspecified atom stereocenters. The highest BCUT2D eigenvalue weighted by molar-refractivity contribution is 5.94. The molecule has 8 nitrogen and oxygen atoms in total. The van der Waals surface area contributed by atoms with Crippen molar-refractivity contribution in [3.63, 3.8) is 0 Å². The summed E-state index contributed by atoms with van der Waals surface area (Å²) < 4.78 is 33.8. The van der Waals surface area contributed by atoms with Gasteiger partial charge in [-0.25, -0.2) is 8.78 Å². The average molecular weight is 639 g/mol. The summed E-state index contributed by atoms with van der Waals surface area (Å²) in [6.07, 6.45) is 4.08. The molecule has 0 bridgehead atoms. The van der Waals surface area contributed by atoms with Crippen LogP contribution in [0.1, 0.15) is 66.0 Å². The lowest BCUT2D eigenvalue weighted by atomic mass is 9.94. The number of pyridine rings is 1. The van der Waals surface area contributed by atoms with Crippen molar-refractivity contribution in [2.24, 2.45) is 5.73 Å². The first-order valence-corrected chi connectivity index (χ1v) is 15.2. The second kappa shape index (κ2) is 13.9. The number of amides is 2. The maximum atomic E-state index is 14.2. The van der Waals surface area contributed by atoms with E-state index in [0.717, 1.165) is 28.1 Å². The molecular formula is C37H36F2N4O4. The predicted molar refractivity (Wildman–Crippen MR) is 175 cm³/mol. The van der Waals surface area contributed by atoms with Gasteiger partial charge in [0.1, 0.15) is 17.2 Å². The minimum Gasteiger partial charge on any atom is -0.460 e. The molecule has 10 heteroatoms. The number of nitrogens with one attached hydrogen (secondary N) is 2. The van der Waals surface area contributed by atoms with Gasteiger partial charge in [0, 0.05) is 46.9 Å². The molecule has 0 fully saturated rings. The van der Waals surface area contributed by atoms with Crippen LogP contribution in [-0.4, -0.2) is 33.4 Å². The van der Waals surface area contributed by atoms with Gasteiger partial charge in [-0.3, -0.25) is 19.4 Å². The Morgan fingerprint density at radius 3 is 2.45 bits per heavy atom. The fourth-order valence-corrected chi connectivity index (χ4v) is 5.54. The summed E-state index contributed by atoms with van der Waals surface area (Å²) in [5.41, 5.74) is 9.80. The number of rotatable bonds is 11. The molecule has 0 radical (unpaired) electrons. The molecule has 0 spiro atoms. The number of aromatic nitrogens is 2. The zero-order valence-corrected chi connectivity index (χ0v) is 26.4. The van der Waals surface area contributed by atoms with E-state index in [0.29, 0.717) is 34.4 Å². The maximum absolute atomic E-state index is 14.2. The smallest absolute Gasteiger partial charge is 0.306 e. The number of hydrogen-bond acceptors (Lipinski definition) is 5. The van der Waals surface area contributed by atoms with Gasteiger partial charge in [0.2, 0.25) is 11.8 Å². The number of nitrogens with zero attached hydrogens (tertiary/aromatic N) is 1. The van der Waals surface area contributed by atoms with Crippen molar-refractivity contribution in [2.45, 2.75) is 58.1 Å². The molecule has 1 atom stereocenters. The van der Waals surface area contributed by atoms with Crippen LogP contribution in [0.15, 0.2) is 85.2 Å². The van der Waals surface area contributed by atoms with Gasteiger partial charge < -0.3 is 20.8 Å². The summed E-state index contributed by atoms with van der Waals surface area (Å²) in [7, 11) is 0. The number of aromatic amines is 1. The van der Waals surface area contributed by atoms with E-state index in [1.54, 1.807) is 48.8 Å². The molecule has 5 rings (SSSR count). The van der Waals surface area contributed by atoms with Crippen LogP contribution in [-0.2, 0) is 33.6 Å². The van der Waals surface area contributed by atoms with Crippen LogP contribution in [0.5, 0.6) is 0 Å². The predicted octanol–water partition coefficient (Wildman–Crippen LogP) is 6.52. The third-order valence-corrected chi connectivity index (χ3v) is 7.54. The zero-order valence-electron chi connectivity index (χ0n) is 26.4.